The number of rotatable bonds is 4. The van der Waals surface area contributed by atoms with Gasteiger partial charge in [0.25, 0.3) is 0 Å². The maximum Gasteiger partial charge on any atom is 0.249 e. The second kappa shape index (κ2) is 7.37. The zero-order valence-electron chi connectivity index (χ0n) is 15.9. The molecule has 1 aliphatic carbocycles. The molecule has 3 aliphatic heterocycles. The first-order valence-corrected chi connectivity index (χ1v) is 10.3. The van der Waals surface area contributed by atoms with Crippen molar-refractivity contribution in [2.24, 2.45) is 26.8 Å². The second-order valence-corrected chi connectivity index (χ2v) is 7.96. The van der Waals surface area contributed by atoms with Crippen LogP contribution in [-0.2, 0) is 4.79 Å². The van der Waals surface area contributed by atoms with Gasteiger partial charge in [0.15, 0.2) is 0 Å². The Balaban J connectivity index is 1.21. The Morgan fingerprint density at radius 1 is 1.00 bits per heavy atom. The van der Waals surface area contributed by atoms with Gasteiger partial charge in [-0.3, -0.25) is 19.8 Å². The Morgan fingerprint density at radius 3 is 2.54 bits per heavy atom. The highest BCUT2D eigenvalue weighted by molar-refractivity contribution is 6.03. The number of aliphatic imine (C=N–C) groups is 3. The largest absolute Gasteiger partial charge is 0.372 e. The van der Waals surface area contributed by atoms with Crippen molar-refractivity contribution in [1.82, 2.24) is 10.6 Å². The number of anilines is 1. The standard InChI is InChI=1S/C21H26N6O/c28-21(26-16-5-3-13(4-6-16)19-22-7-8-23-19)18-11-14-1-2-15(12-17(14)27-18)20-24-9-10-25-20/h3-6,14-15,18H,1-2,7-12H2,(H,22,23)(H,24,25)(H,26,28). The molecule has 1 aromatic rings. The average Bonchev–Trinajstić information content (AvgIpc) is 3.49. The van der Waals surface area contributed by atoms with Gasteiger partial charge in [0.05, 0.1) is 18.9 Å². The van der Waals surface area contributed by atoms with Crippen molar-refractivity contribution in [3.05, 3.63) is 29.8 Å². The van der Waals surface area contributed by atoms with Crippen molar-refractivity contribution in [3.8, 4) is 0 Å². The molecule has 3 N–H and O–H groups in total. The van der Waals surface area contributed by atoms with Gasteiger partial charge in [0, 0.05) is 36.0 Å². The number of amidine groups is 2. The molecule has 1 saturated carbocycles. The van der Waals surface area contributed by atoms with Crippen LogP contribution in [0.3, 0.4) is 0 Å². The van der Waals surface area contributed by atoms with Crippen LogP contribution in [0.25, 0.3) is 0 Å². The average molecular weight is 378 g/mol. The fraction of sp³-hybridized carbons (Fsp3) is 0.524. The molecule has 0 spiro atoms. The van der Waals surface area contributed by atoms with Gasteiger partial charge in [-0.15, -0.1) is 0 Å². The lowest BCUT2D eigenvalue weighted by Gasteiger charge is -2.27. The summed E-state index contributed by atoms with van der Waals surface area (Å²) in [6.07, 6.45) is 4.04. The fourth-order valence-corrected chi connectivity index (χ4v) is 4.64. The molecule has 3 atom stereocenters. The van der Waals surface area contributed by atoms with Crippen LogP contribution in [0.2, 0.25) is 0 Å². The van der Waals surface area contributed by atoms with Gasteiger partial charge in [-0.2, -0.15) is 0 Å². The van der Waals surface area contributed by atoms with E-state index in [1.807, 2.05) is 24.3 Å². The smallest absolute Gasteiger partial charge is 0.249 e. The fourth-order valence-electron chi connectivity index (χ4n) is 4.64. The zero-order valence-corrected chi connectivity index (χ0v) is 15.9. The topological polar surface area (TPSA) is 90.2 Å². The molecule has 7 nitrogen and oxygen atoms in total. The summed E-state index contributed by atoms with van der Waals surface area (Å²) in [4.78, 5) is 26.5. The highest BCUT2D eigenvalue weighted by atomic mass is 16.2. The van der Waals surface area contributed by atoms with Crippen molar-refractivity contribution >= 4 is 29.0 Å². The normalized spacial score (nSPS) is 28.6. The third-order valence-corrected chi connectivity index (χ3v) is 6.11. The van der Waals surface area contributed by atoms with E-state index < -0.39 is 0 Å². The molecule has 0 saturated heterocycles. The maximum atomic E-state index is 12.7. The third kappa shape index (κ3) is 3.41. The number of carbonyl (C=O) groups is 1. The van der Waals surface area contributed by atoms with Crippen LogP contribution < -0.4 is 16.0 Å². The molecule has 4 aliphatic rings. The predicted octanol–water partition coefficient (Wildman–Crippen LogP) is 1.61. The van der Waals surface area contributed by atoms with E-state index >= 15 is 0 Å². The van der Waals surface area contributed by atoms with E-state index in [2.05, 4.69) is 25.9 Å². The van der Waals surface area contributed by atoms with Crippen molar-refractivity contribution < 1.29 is 4.79 Å². The molecule has 1 fully saturated rings. The van der Waals surface area contributed by atoms with E-state index in [-0.39, 0.29) is 11.9 Å². The summed E-state index contributed by atoms with van der Waals surface area (Å²) < 4.78 is 0. The van der Waals surface area contributed by atoms with Gasteiger partial charge in [-0.25, -0.2) is 0 Å². The summed E-state index contributed by atoms with van der Waals surface area (Å²) >= 11 is 0. The summed E-state index contributed by atoms with van der Waals surface area (Å²) in [6, 6.07) is 7.59. The minimum absolute atomic E-state index is 0.00105. The summed E-state index contributed by atoms with van der Waals surface area (Å²) in [5.41, 5.74) is 3.08. The first-order chi connectivity index (χ1) is 13.8. The Hall–Kier alpha value is -2.70. The van der Waals surface area contributed by atoms with Gasteiger partial charge in [-0.1, -0.05) is 0 Å². The molecule has 5 rings (SSSR count). The highest BCUT2D eigenvalue weighted by Gasteiger charge is 2.38. The number of nitrogens with one attached hydrogen (secondary N) is 3. The molecule has 3 heterocycles. The van der Waals surface area contributed by atoms with Gasteiger partial charge >= 0.3 is 0 Å². The molecular formula is C21H26N6O. The van der Waals surface area contributed by atoms with Crippen LogP contribution in [0.4, 0.5) is 5.69 Å². The lowest BCUT2D eigenvalue weighted by atomic mass is 9.79. The first-order valence-electron chi connectivity index (χ1n) is 10.3. The Kier molecular flexibility index (Phi) is 4.58. The Morgan fingerprint density at radius 2 is 1.79 bits per heavy atom. The highest BCUT2D eigenvalue weighted by Crippen LogP contribution is 2.36. The summed E-state index contributed by atoms with van der Waals surface area (Å²) in [6.45, 7) is 3.55. The maximum absolute atomic E-state index is 12.7. The minimum atomic E-state index is -0.266. The van der Waals surface area contributed by atoms with Gasteiger partial charge in [0.2, 0.25) is 5.91 Å². The predicted molar refractivity (Wildman–Crippen MR) is 111 cm³/mol. The SMILES string of the molecule is O=C(Nc1ccc(C2=NCCN2)cc1)C1CC2CCC(C3=NCCN3)CC2=N1. The van der Waals surface area contributed by atoms with Crippen LogP contribution in [0.5, 0.6) is 0 Å². The van der Waals surface area contributed by atoms with Crippen molar-refractivity contribution in [3.63, 3.8) is 0 Å². The van der Waals surface area contributed by atoms with Crippen molar-refractivity contribution in [1.29, 1.82) is 0 Å². The molecular weight excluding hydrogens is 352 g/mol. The van der Waals surface area contributed by atoms with Gasteiger partial charge < -0.3 is 16.0 Å². The van der Waals surface area contributed by atoms with Crippen LogP contribution in [-0.4, -0.2) is 55.5 Å². The molecule has 0 aromatic heterocycles. The number of nitrogens with zero attached hydrogens (tertiary/aromatic N) is 3. The van der Waals surface area contributed by atoms with E-state index in [1.54, 1.807) is 0 Å². The zero-order chi connectivity index (χ0) is 18.9. The second-order valence-electron chi connectivity index (χ2n) is 7.96. The quantitative estimate of drug-likeness (QED) is 0.743. The summed E-state index contributed by atoms with van der Waals surface area (Å²) in [7, 11) is 0. The summed E-state index contributed by atoms with van der Waals surface area (Å²) in [5, 5.41) is 9.70. The number of fused-ring (bicyclic) bond motifs is 1. The molecule has 28 heavy (non-hydrogen) atoms. The number of hydrogen-bond donors (Lipinski definition) is 3. The Bertz CT molecular complexity index is 856. The van der Waals surface area contributed by atoms with Crippen LogP contribution in [0.15, 0.2) is 39.2 Å². The van der Waals surface area contributed by atoms with Gasteiger partial charge in [-0.05, 0) is 55.9 Å². The number of carbonyl (C=O) groups excluding carboxylic acids is 1. The van der Waals surface area contributed by atoms with E-state index in [1.165, 1.54) is 5.71 Å². The first kappa shape index (κ1) is 17.4. The molecule has 0 radical (unpaired) electrons. The lowest BCUT2D eigenvalue weighted by Crippen LogP contribution is -2.33. The third-order valence-electron chi connectivity index (χ3n) is 6.11. The van der Waals surface area contributed by atoms with Gasteiger partial charge in [0.1, 0.15) is 11.9 Å². The monoisotopic (exact) mass is 378 g/mol. The van der Waals surface area contributed by atoms with Crippen molar-refractivity contribution in [2.45, 2.75) is 31.7 Å². The van der Waals surface area contributed by atoms with E-state index in [4.69, 9.17) is 4.99 Å². The summed E-state index contributed by atoms with van der Waals surface area (Å²) in [5.74, 6) is 3.00. The van der Waals surface area contributed by atoms with Crippen LogP contribution in [0, 0.1) is 11.8 Å². The number of hydrogen-bond acceptors (Lipinski definition) is 6. The van der Waals surface area contributed by atoms with E-state index in [0.29, 0.717) is 11.8 Å². The van der Waals surface area contributed by atoms with E-state index in [9.17, 15) is 4.79 Å². The molecule has 0 bridgehead atoms. The molecule has 1 aromatic carbocycles. The van der Waals surface area contributed by atoms with Crippen molar-refractivity contribution in [2.75, 3.05) is 31.5 Å². The molecule has 3 unspecified atom stereocenters. The van der Waals surface area contributed by atoms with Crippen LogP contribution in [0.1, 0.15) is 31.2 Å². The molecule has 146 valence electrons. The van der Waals surface area contributed by atoms with E-state index in [0.717, 1.165) is 74.8 Å². The molecule has 1 amide bonds. The lowest BCUT2D eigenvalue weighted by molar-refractivity contribution is -0.117. The van der Waals surface area contributed by atoms with Crippen LogP contribution >= 0.6 is 0 Å². The minimum Gasteiger partial charge on any atom is -0.372 e. The number of benzene rings is 1. The Labute approximate surface area is 164 Å². The number of amides is 1. The molecule has 7 heteroatoms.